The summed E-state index contributed by atoms with van der Waals surface area (Å²) in [5.74, 6) is 2.03. The Bertz CT molecular complexity index is 687. The molecule has 0 N–H and O–H groups in total. The van der Waals surface area contributed by atoms with Gasteiger partial charge >= 0.3 is 0 Å². The fraction of sp³-hybridized carbons (Fsp3) is 0.211. The average molecular weight is 312 g/mol. The summed E-state index contributed by atoms with van der Waals surface area (Å²) >= 11 is 0. The maximum atomic E-state index is 12.2. The third-order valence-electron chi connectivity index (χ3n) is 3.30. The molecular formula is C19H20O4. The van der Waals surface area contributed by atoms with Gasteiger partial charge in [-0.3, -0.25) is 4.79 Å². The number of ketones is 1. The maximum Gasteiger partial charge on any atom is 0.185 e. The van der Waals surface area contributed by atoms with Gasteiger partial charge < -0.3 is 14.2 Å². The van der Waals surface area contributed by atoms with Crippen molar-refractivity contribution in [1.82, 2.24) is 0 Å². The second kappa shape index (κ2) is 8.03. The van der Waals surface area contributed by atoms with E-state index in [0.29, 0.717) is 23.7 Å². The summed E-state index contributed by atoms with van der Waals surface area (Å²) < 4.78 is 15.8. The highest BCUT2D eigenvalue weighted by Crippen LogP contribution is 2.25. The largest absolute Gasteiger partial charge is 0.497 e. The van der Waals surface area contributed by atoms with Gasteiger partial charge in [0.2, 0.25) is 0 Å². The van der Waals surface area contributed by atoms with Crippen LogP contribution in [0.4, 0.5) is 0 Å². The number of benzene rings is 2. The third kappa shape index (κ3) is 4.36. The van der Waals surface area contributed by atoms with E-state index >= 15 is 0 Å². The third-order valence-corrected chi connectivity index (χ3v) is 3.30. The lowest BCUT2D eigenvalue weighted by Crippen LogP contribution is -1.96. The van der Waals surface area contributed by atoms with Crippen LogP contribution >= 0.6 is 0 Å². The molecule has 2 rings (SSSR count). The van der Waals surface area contributed by atoms with Crippen LogP contribution in [0.25, 0.3) is 6.08 Å². The number of hydrogen-bond acceptors (Lipinski definition) is 4. The van der Waals surface area contributed by atoms with Crippen LogP contribution in [0, 0.1) is 0 Å². The molecule has 0 saturated carbocycles. The molecule has 0 aromatic heterocycles. The van der Waals surface area contributed by atoms with E-state index in [1.54, 1.807) is 50.6 Å². The SMILES string of the molecule is CCOc1ccc(C(=O)/C=C/c2ccc(OC)cc2OC)cc1. The molecule has 4 heteroatoms. The number of ether oxygens (including phenoxy) is 3. The van der Waals surface area contributed by atoms with Crippen molar-refractivity contribution in [3.8, 4) is 17.2 Å². The highest BCUT2D eigenvalue weighted by atomic mass is 16.5. The van der Waals surface area contributed by atoms with Crippen molar-refractivity contribution in [3.05, 3.63) is 59.7 Å². The van der Waals surface area contributed by atoms with Crippen molar-refractivity contribution >= 4 is 11.9 Å². The minimum Gasteiger partial charge on any atom is -0.497 e. The normalized spacial score (nSPS) is 10.6. The fourth-order valence-electron chi connectivity index (χ4n) is 2.10. The summed E-state index contributed by atoms with van der Waals surface area (Å²) in [6, 6.07) is 12.5. The van der Waals surface area contributed by atoms with E-state index < -0.39 is 0 Å². The Morgan fingerprint density at radius 3 is 2.30 bits per heavy atom. The van der Waals surface area contributed by atoms with Crippen LogP contribution in [0.5, 0.6) is 17.2 Å². The van der Waals surface area contributed by atoms with Gasteiger partial charge in [-0.25, -0.2) is 0 Å². The molecule has 0 saturated heterocycles. The first-order valence-electron chi connectivity index (χ1n) is 7.35. The lowest BCUT2D eigenvalue weighted by atomic mass is 10.1. The summed E-state index contributed by atoms with van der Waals surface area (Å²) in [5.41, 5.74) is 1.42. The van der Waals surface area contributed by atoms with E-state index in [2.05, 4.69) is 0 Å². The lowest BCUT2D eigenvalue weighted by Gasteiger charge is -2.07. The van der Waals surface area contributed by atoms with Crippen LogP contribution in [0.15, 0.2) is 48.5 Å². The Kier molecular flexibility index (Phi) is 5.80. The molecule has 0 heterocycles. The zero-order chi connectivity index (χ0) is 16.7. The van der Waals surface area contributed by atoms with E-state index in [1.165, 1.54) is 6.08 Å². The molecule has 0 bridgehead atoms. The van der Waals surface area contributed by atoms with E-state index in [-0.39, 0.29) is 5.78 Å². The van der Waals surface area contributed by atoms with Gasteiger partial charge in [-0.05, 0) is 55.5 Å². The van der Waals surface area contributed by atoms with Crippen molar-refractivity contribution in [3.63, 3.8) is 0 Å². The summed E-state index contributed by atoms with van der Waals surface area (Å²) in [7, 11) is 3.18. The molecule has 0 amide bonds. The molecule has 2 aromatic rings. The minimum absolute atomic E-state index is 0.0779. The molecule has 23 heavy (non-hydrogen) atoms. The second-order valence-electron chi connectivity index (χ2n) is 4.76. The lowest BCUT2D eigenvalue weighted by molar-refractivity contribution is 0.104. The van der Waals surface area contributed by atoms with Gasteiger partial charge in [-0.2, -0.15) is 0 Å². The van der Waals surface area contributed by atoms with Crippen molar-refractivity contribution in [1.29, 1.82) is 0 Å². The average Bonchev–Trinajstić information content (AvgIpc) is 2.60. The summed E-state index contributed by atoms with van der Waals surface area (Å²) in [6.45, 7) is 2.52. The number of carbonyl (C=O) groups is 1. The second-order valence-corrected chi connectivity index (χ2v) is 4.76. The predicted molar refractivity (Wildman–Crippen MR) is 90.5 cm³/mol. The van der Waals surface area contributed by atoms with Crippen molar-refractivity contribution in [2.24, 2.45) is 0 Å². The molecule has 0 aliphatic carbocycles. The Morgan fingerprint density at radius 2 is 1.70 bits per heavy atom. The van der Waals surface area contributed by atoms with Gasteiger partial charge in [0.05, 0.1) is 20.8 Å². The molecule has 120 valence electrons. The molecule has 0 atom stereocenters. The van der Waals surface area contributed by atoms with Crippen LogP contribution in [0.3, 0.4) is 0 Å². The zero-order valence-electron chi connectivity index (χ0n) is 13.5. The minimum atomic E-state index is -0.0779. The molecule has 0 aliphatic rings. The number of rotatable bonds is 7. The van der Waals surface area contributed by atoms with Gasteiger partial charge in [-0.1, -0.05) is 0 Å². The van der Waals surface area contributed by atoms with Gasteiger partial charge in [0.15, 0.2) is 5.78 Å². The zero-order valence-corrected chi connectivity index (χ0v) is 13.5. The first-order chi connectivity index (χ1) is 11.2. The van der Waals surface area contributed by atoms with Gasteiger partial charge in [0, 0.05) is 17.2 Å². The molecule has 0 radical (unpaired) electrons. The Morgan fingerprint density at radius 1 is 1.00 bits per heavy atom. The van der Waals surface area contributed by atoms with Gasteiger partial charge in [0.25, 0.3) is 0 Å². The van der Waals surface area contributed by atoms with E-state index in [0.717, 1.165) is 11.3 Å². The van der Waals surface area contributed by atoms with Crippen molar-refractivity contribution in [2.45, 2.75) is 6.92 Å². The van der Waals surface area contributed by atoms with Gasteiger partial charge in [0.1, 0.15) is 17.2 Å². The first kappa shape index (κ1) is 16.6. The van der Waals surface area contributed by atoms with Crippen LogP contribution < -0.4 is 14.2 Å². The molecule has 2 aromatic carbocycles. The highest BCUT2D eigenvalue weighted by Gasteiger charge is 2.05. The number of carbonyl (C=O) groups excluding carboxylic acids is 1. The van der Waals surface area contributed by atoms with Crippen LogP contribution in [-0.2, 0) is 0 Å². The van der Waals surface area contributed by atoms with E-state index in [1.807, 2.05) is 19.1 Å². The summed E-state index contributed by atoms with van der Waals surface area (Å²) in [6.07, 6.45) is 3.26. The molecule has 0 aliphatic heterocycles. The number of hydrogen-bond donors (Lipinski definition) is 0. The molecule has 0 spiro atoms. The number of allylic oxidation sites excluding steroid dienone is 1. The van der Waals surface area contributed by atoms with Crippen LogP contribution in [-0.4, -0.2) is 26.6 Å². The monoisotopic (exact) mass is 312 g/mol. The molecule has 0 unspecified atom stereocenters. The van der Waals surface area contributed by atoms with Crippen molar-refractivity contribution < 1.29 is 19.0 Å². The predicted octanol–water partition coefficient (Wildman–Crippen LogP) is 4.00. The fourth-order valence-corrected chi connectivity index (χ4v) is 2.10. The smallest absolute Gasteiger partial charge is 0.185 e. The Balaban J connectivity index is 2.14. The standard InChI is InChI=1S/C19H20O4/c1-4-23-16-9-5-14(6-10-16)18(20)12-8-15-7-11-17(21-2)13-19(15)22-3/h5-13H,4H2,1-3H3/b12-8+. The molecule has 4 nitrogen and oxygen atoms in total. The first-order valence-corrected chi connectivity index (χ1v) is 7.35. The van der Waals surface area contributed by atoms with E-state index in [9.17, 15) is 4.79 Å². The molecular weight excluding hydrogens is 292 g/mol. The summed E-state index contributed by atoms with van der Waals surface area (Å²) in [4.78, 5) is 12.2. The van der Waals surface area contributed by atoms with Crippen LogP contribution in [0.2, 0.25) is 0 Å². The Hall–Kier alpha value is -2.75. The quantitative estimate of drug-likeness (QED) is 0.572. The topological polar surface area (TPSA) is 44.8 Å². The summed E-state index contributed by atoms with van der Waals surface area (Å²) in [5, 5.41) is 0. The highest BCUT2D eigenvalue weighted by molar-refractivity contribution is 6.07. The van der Waals surface area contributed by atoms with E-state index in [4.69, 9.17) is 14.2 Å². The maximum absolute atomic E-state index is 12.2. The van der Waals surface area contributed by atoms with Crippen LogP contribution in [0.1, 0.15) is 22.8 Å². The molecule has 0 fully saturated rings. The van der Waals surface area contributed by atoms with Crippen molar-refractivity contribution in [2.75, 3.05) is 20.8 Å². The number of methoxy groups -OCH3 is 2. The van der Waals surface area contributed by atoms with Gasteiger partial charge in [-0.15, -0.1) is 0 Å². The Labute approximate surface area is 136 Å².